The highest BCUT2D eigenvalue weighted by atomic mass is 16.6. The second-order valence-electron chi connectivity index (χ2n) is 6.16. The first-order valence-electron chi connectivity index (χ1n) is 7.23. The number of rotatable bonds is 3. The third-order valence-electron chi connectivity index (χ3n) is 3.33. The highest BCUT2D eigenvalue weighted by Crippen LogP contribution is 2.32. The maximum Gasteiger partial charge on any atom is 0.410 e. The van der Waals surface area contributed by atoms with Gasteiger partial charge in [-0.2, -0.15) is 0 Å². The van der Waals surface area contributed by atoms with Crippen LogP contribution in [0.15, 0.2) is 24.3 Å². The summed E-state index contributed by atoms with van der Waals surface area (Å²) in [5, 5.41) is 0. The van der Waals surface area contributed by atoms with E-state index in [1.165, 1.54) is 0 Å². The van der Waals surface area contributed by atoms with E-state index >= 15 is 0 Å². The van der Waals surface area contributed by atoms with Gasteiger partial charge >= 0.3 is 6.09 Å². The standard InChI is InChI=1S/C17H23NO4/c1-17(2,3)22-16(19)18-9-8-13(11-18)12-6-7-14(20-4)15(10-12)21-5/h6-8,10H,9,11H2,1-5H3. The lowest BCUT2D eigenvalue weighted by Crippen LogP contribution is -2.35. The molecule has 0 atom stereocenters. The normalized spacial score (nSPS) is 14.6. The molecule has 0 saturated carbocycles. The molecule has 0 unspecified atom stereocenters. The van der Waals surface area contributed by atoms with Gasteiger partial charge in [0.05, 0.1) is 14.2 Å². The zero-order chi connectivity index (χ0) is 16.3. The highest BCUT2D eigenvalue weighted by molar-refractivity contribution is 5.78. The monoisotopic (exact) mass is 305 g/mol. The Labute approximate surface area is 131 Å². The lowest BCUT2D eigenvalue weighted by molar-refractivity contribution is 0.0306. The first kappa shape index (κ1) is 16.2. The molecule has 1 heterocycles. The molecule has 0 aromatic heterocycles. The minimum atomic E-state index is -0.483. The van der Waals surface area contributed by atoms with Crippen LogP contribution in [-0.4, -0.2) is 43.9 Å². The van der Waals surface area contributed by atoms with Gasteiger partial charge in [-0.05, 0) is 44.0 Å². The highest BCUT2D eigenvalue weighted by Gasteiger charge is 2.26. The molecule has 0 spiro atoms. The molecule has 22 heavy (non-hydrogen) atoms. The van der Waals surface area contributed by atoms with Crippen LogP contribution in [0.5, 0.6) is 11.5 Å². The van der Waals surface area contributed by atoms with Crippen LogP contribution in [0.3, 0.4) is 0 Å². The van der Waals surface area contributed by atoms with Gasteiger partial charge in [0.25, 0.3) is 0 Å². The fourth-order valence-electron chi connectivity index (χ4n) is 2.27. The quantitative estimate of drug-likeness (QED) is 0.859. The maximum absolute atomic E-state index is 12.1. The number of carbonyl (C=O) groups excluding carboxylic acids is 1. The van der Waals surface area contributed by atoms with Gasteiger partial charge in [0.15, 0.2) is 11.5 Å². The molecule has 2 rings (SSSR count). The lowest BCUT2D eigenvalue weighted by atomic mass is 10.1. The predicted molar refractivity (Wildman–Crippen MR) is 85.3 cm³/mol. The summed E-state index contributed by atoms with van der Waals surface area (Å²) >= 11 is 0. The summed E-state index contributed by atoms with van der Waals surface area (Å²) in [6.45, 7) is 6.68. The Morgan fingerprint density at radius 2 is 1.82 bits per heavy atom. The van der Waals surface area contributed by atoms with Crippen LogP contribution >= 0.6 is 0 Å². The Morgan fingerprint density at radius 1 is 1.14 bits per heavy atom. The third-order valence-corrected chi connectivity index (χ3v) is 3.33. The van der Waals surface area contributed by atoms with Crippen molar-refractivity contribution in [3.8, 4) is 11.5 Å². The van der Waals surface area contributed by atoms with Crippen molar-refractivity contribution in [1.82, 2.24) is 4.90 Å². The van der Waals surface area contributed by atoms with Crippen molar-refractivity contribution in [3.63, 3.8) is 0 Å². The summed E-state index contributed by atoms with van der Waals surface area (Å²) < 4.78 is 16.0. The molecule has 1 aromatic carbocycles. The molecule has 1 amide bonds. The van der Waals surface area contributed by atoms with E-state index in [1.54, 1.807) is 19.1 Å². The zero-order valence-corrected chi connectivity index (χ0v) is 13.8. The largest absolute Gasteiger partial charge is 0.493 e. The predicted octanol–water partition coefficient (Wildman–Crippen LogP) is 3.34. The molecule has 1 aromatic rings. The van der Waals surface area contributed by atoms with E-state index in [-0.39, 0.29) is 6.09 Å². The summed E-state index contributed by atoms with van der Waals surface area (Å²) in [6, 6.07) is 5.75. The van der Waals surface area contributed by atoms with Gasteiger partial charge in [-0.25, -0.2) is 4.79 Å². The summed E-state index contributed by atoms with van der Waals surface area (Å²) in [5.74, 6) is 1.37. The van der Waals surface area contributed by atoms with E-state index in [0.717, 1.165) is 11.1 Å². The molecule has 1 aliphatic heterocycles. The first-order valence-corrected chi connectivity index (χ1v) is 7.23. The Kier molecular flexibility index (Phi) is 4.64. The average Bonchev–Trinajstić information content (AvgIpc) is 2.94. The maximum atomic E-state index is 12.1. The summed E-state index contributed by atoms with van der Waals surface area (Å²) in [4.78, 5) is 13.8. The number of methoxy groups -OCH3 is 2. The number of amides is 1. The van der Waals surface area contributed by atoms with Crippen molar-refractivity contribution >= 4 is 11.7 Å². The van der Waals surface area contributed by atoms with Crippen molar-refractivity contribution in [3.05, 3.63) is 29.8 Å². The molecular formula is C17H23NO4. The van der Waals surface area contributed by atoms with E-state index < -0.39 is 5.60 Å². The second kappa shape index (κ2) is 6.30. The fraction of sp³-hybridized carbons (Fsp3) is 0.471. The van der Waals surface area contributed by atoms with E-state index in [0.29, 0.717) is 24.6 Å². The smallest absolute Gasteiger partial charge is 0.410 e. The number of hydrogen-bond donors (Lipinski definition) is 0. The number of carbonyl (C=O) groups is 1. The SMILES string of the molecule is COc1ccc(C2=CCN(C(=O)OC(C)(C)C)C2)cc1OC. The van der Waals surface area contributed by atoms with E-state index in [1.807, 2.05) is 45.0 Å². The molecule has 0 radical (unpaired) electrons. The van der Waals surface area contributed by atoms with Crippen LogP contribution in [0, 0.1) is 0 Å². The van der Waals surface area contributed by atoms with Gasteiger partial charge in [0.1, 0.15) is 5.60 Å². The molecule has 0 bridgehead atoms. The van der Waals surface area contributed by atoms with Crippen LogP contribution in [0.1, 0.15) is 26.3 Å². The van der Waals surface area contributed by atoms with Crippen LogP contribution < -0.4 is 9.47 Å². The molecule has 0 N–H and O–H groups in total. The van der Waals surface area contributed by atoms with Crippen LogP contribution in [0.25, 0.3) is 5.57 Å². The molecule has 5 nitrogen and oxygen atoms in total. The topological polar surface area (TPSA) is 48.0 Å². The van der Waals surface area contributed by atoms with Crippen molar-refractivity contribution in [2.75, 3.05) is 27.3 Å². The Bertz CT molecular complexity index is 587. The van der Waals surface area contributed by atoms with E-state index in [2.05, 4.69) is 0 Å². The third kappa shape index (κ3) is 3.72. The Morgan fingerprint density at radius 3 is 2.41 bits per heavy atom. The summed E-state index contributed by atoms with van der Waals surface area (Å²) in [7, 11) is 3.22. The molecular weight excluding hydrogens is 282 g/mol. The number of benzene rings is 1. The number of ether oxygens (including phenoxy) is 3. The molecule has 1 aliphatic rings. The molecule has 120 valence electrons. The molecule has 0 fully saturated rings. The summed E-state index contributed by atoms with van der Waals surface area (Å²) in [6.07, 6.45) is 1.74. The molecule has 0 saturated heterocycles. The molecule has 0 aliphatic carbocycles. The van der Waals surface area contributed by atoms with Gasteiger partial charge in [-0.1, -0.05) is 12.1 Å². The first-order chi connectivity index (χ1) is 10.3. The number of nitrogens with zero attached hydrogens (tertiary/aromatic N) is 1. The van der Waals surface area contributed by atoms with Gasteiger partial charge < -0.3 is 19.1 Å². The van der Waals surface area contributed by atoms with Crippen LogP contribution in [0.4, 0.5) is 4.79 Å². The van der Waals surface area contributed by atoms with Gasteiger partial charge in [0, 0.05) is 13.1 Å². The zero-order valence-electron chi connectivity index (χ0n) is 13.8. The minimum Gasteiger partial charge on any atom is -0.493 e. The van der Waals surface area contributed by atoms with Gasteiger partial charge in [-0.3, -0.25) is 0 Å². The van der Waals surface area contributed by atoms with Crippen molar-refractivity contribution in [1.29, 1.82) is 0 Å². The van der Waals surface area contributed by atoms with Crippen LogP contribution in [0.2, 0.25) is 0 Å². The second-order valence-corrected chi connectivity index (χ2v) is 6.16. The Balaban J connectivity index is 2.08. The lowest BCUT2D eigenvalue weighted by Gasteiger charge is -2.24. The van der Waals surface area contributed by atoms with Crippen molar-refractivity contribution < 1.29 is 19.0 Å². The van der Waals surface area contributed by atoms with Gasteiger partial charge in [0.2, 0.25) is 0 Å². The van der Waals surface area contributed by atoms with E-state index in [4.69, 9.17) is 14.2 Å². The van der Waals surface area contributed by atoms with Crippen molar-refractivity contribution in [2.45, 2.75) is 26.4 Å². The van der Waals surface area contributed by atoms with E-state index in [9.17, 15) is 4.79 Å². The summed E-state index contributed by atoms with van der Waals surface area (Å²) in [5.41, 5.74) is 1.61. The van der Waals surface area contributed by atoms with Gasteiger partial charge in [-0.15, -0.1) is 0 Å². The van der Waals surface area contributed by atoms with Crippen molar-refractivity contribution in [2.24, 2.45) is 0 Å². The average molecular weight is 305 g/mol. The molecule has 5 heteroatoms. The Hall–Kier alpha value is -2.17. The fourth-order valence-corrected chi connectivity index (χ4v) is 2.27. The number of hydrogen-bond acceptors (Lipinski definition) is 4. The minimum absolute atomic E-state index is 0.292. The van der Waals surface area contributed by atoms with Crippen LogP contribution in [-0.2, 0) is 4.74 Å².